The van der Waals surface area contributed by atoms with E-state index in [0.717, 1.165) is 35.0 Å². The van der Waals surface area contributed by atoms with Crippen molar-refractivity contribution in [1.29, 1.82) is 0 Å². The zero-order valence-corrected chi connectivity index (χ0v) is 14.9. The van der Waals surface area contributed by atoms with E-state index in [9.17, 15) is 4.79 Å². The molecule has 0 saturated heterocycles. The van der Waals surface area contributed by atoms with Crippen molar-refractivity contribution in [2.75, 3.05) is 6.61 Å². The normalized spacial score (nSPS) is 10.6. The van der Waals surface area contributed by atoms with Crippen molar-refractivity contribution in [3.05, 3.63) is 28.2 Å². The van der Waals surface area contributed by atoms with Crippen LogP contribution in [0.5, 0.6) is 5.75 Å². The number of unbranched alkanes of at least 4 members (excludes halogenated alkanes) is 5. The Kier molecular flexibility index (Phi) is 9.40. The Morgan fingerprint density at radius 3 is 2.43 bits per heavy atom. The molecule has 0 bridgehead atoms. The molecule has 118 valence electrons. The lowest BCUT2D eigenvalue weighted by molar-refractivity contribution is 0.0979. The number of carbonyl (C=O) groups excluding carboxylic acids is 1. The molecule has 0 fully saturated rings. The molecule has 0 heterocycles. The molecule has 0 N–H and O–H groups in total. The number of halogens is 1. The van der Waals surface area contributed by atoms with Gasteiger partial charge in [0.2, 0.25) is 0 Å². The van der Waals surface area contributed by atoms with Gasteiger partial charge in [0, 0.05) is 12.0 Å². The van der Waals surface area contributed by atoms with Gasteiger partial charge in [0.15, 0.2) is 5.78 Å². The number of rotatable bonds is 11. The minimum Gasteiger partial charge on any atom is -0.492 e. The fourth-order valence-electron chi connectivity index (χ4n) is 2.21. The number of ketones is 1. The molecule has 0 saturated carbocycles. The third kappa shape index (κ3) is 7.12. The second kappa shape index (κ2) is 10.8. The highest BCUT2D eigenvalue weighted by atomic mass is 79.9. The van der Waals surface area contributed by atoms with Crippen LogP contribution in [0.1, 0.15) is 75.6 Å². The highest BCUT2D eigenvalue weighted by Gasteiger charge is 2.09. The molecule has 0 aliphatic carbocycles. The van der Waals surface area contributed by atoms with Crippen molar-refractivity contribution in [1.82, 2.24) is 0 Å². The summed E-state index contributed by atoms with van der Waals surface area (Å²) in [5.74, 6) is 1.04. The van der Waals surface area contributed by atoms with Crippen LogP contribution in [0.3, 0.4) is 0 Å². The quantitative estimate of drug-likeness (QED) is 0.350. The van der Waals surface area contributed by atoms with E-state index < -0.39 is 0 Å². The van der Waals surface area contributed by atoms with Crippen LogP contribution in [-0.2, 0) is 0 Å². The van der Waals surface area contributed by atoms with Crippen molar-refractivity contribution in [3.8, 4) is 5.75 Å². The summed E-state index contributed by atoms with van der Waals surface area (Å²) in [4.78, 5) is 12.1. The van der Waals surface area contributed by atoms with Gasteiger partial charge in [-0.15, -0.1) is 0 Å². The first-order valence-corrected chi connectivity index (χ1v) is 8.93. The fraction of sp³-hybridized carbons (Fsp3) is 0.611. The molecule has 1 aromatic carbocycles. The molecule has 2 nitrogen and oxygen atoms in total. The molecule has 1 rings (SSSR count). The highest BCUT2D eigenvalue weighted by molar-refractivity contribution is 9.10. The summed E-state index contributed by atoms with van der Waals surface area (Å²) in [7, 11) is 0. The predicted octanol–water partition coefficient (Wildman–Crippen LogP) is 6.17. The van der Waals surface area contributed by atoms with Gasteiger partial charge < -0.3 is 4.74 Å². The Balaban J connectivity index is 2.38. The van der Waals surface area contributed by atoms with E-state index in [0.29, 0.717) is 13.0 Å². The van der Waals surface area contributed by atoms with Gasteiger partial charge in [-0.3, -0.25) is 4.79 Å². The topological polar surface area (TPSA) is 26.3 Å². The van der Waals surface area contributed by atoms with Crippen molar-refractivity contribution in [2.45, 2.75) is 65.2 Å². The van der Waals surface area contributed by atoms with Gasteiger partial charge in [-0.1, -0.05) is 46.0 Å². The lowest BCUT2D eigenvalue weighted by atomic mass is 10.0. The first-order chi connectivity index (χ1) is 10.2. The summed E-state index contributed by atoms with van der Waals surface area (Å²) in [6.07, 6.45) is 8.88. The number of Topliss-reactive ketones (excluding diaryl/α,β-unsaturated/α-hetero) is 1. The fourth-order valence-corrected chi connectivity index (χ4v) is 2.71. The van der Waals surface area contributed by atoms with Gasteiger partial charge in [-0.25, -0.2) is 0 Å². The molecule has 21 heavy (non-hydrogen) atoms. The first-order valence-electron chi connectivity index (χ1n) is 8.14. The number of hydrogen-bond acceptors (Lipinski definition) is 2. The Hall–Kier alpha value is -0.830. The predicted molar refractivity (Wildman–Crippen MR) is 92.3 cm³/mol. The van der Waals surface area contributed by atoms with Crippen LogP contribution in [0.15, 0.2) is 22.7 Å². The van der Waals surface area contributed by atoms with Crippen molar-refractivity contribution in [2.24, 2.45) is 0 Å². The Morgan fingerprint density at radius 1 is 1.05 bits per heavy atom. The third-order valence-electron chi connectivity index (χ3n) is 3.47. The molecule has 0 spiro atoms. The van der Waals surface area contributed by atoms with Gasteiger partial charge in [0.25, 0.3) is 0 Å². The number of carbonyl (C=O) groups is 1. The molecule has 0 atom stereocenters. The van der Waals surface area contributed by atoms with Crippen molar-refractivity contribution >= 4 is 21.7 Å². The first kappa shape index (κ1) is 18.2. The van der Waals surface area contributed by atoms with E-state index in [1.165, 1.54) is 25.7 Å². The van der Waals surface area contributed by atoms with Gasteiger partial charge >= 0.3 is 0 Å². The van der Waals surface area contributed by atoms with Crippen molar-refractivity contribution < 1.29 is 9.53 Å². The minimum atomic E-state index is 0.230. The minimum absolute atomic E-state index is 0.230. The molecule has 0 aliphatic heterocycles. The highest BCUT2D eigenvalue weighted by Crippen LogP contribution is 2.27. The van der Waals surface area contributed by atoms with E-state index >= 15 is 0 Å². The van der Waals surface area contributed by atoms with Gasteiger partial charge in [-0.05, 0) is 47.0 Å². The van der Waals surface area contributed by atoms with E-state index in [4.69, 9.17) is 4.74 Å². The molecule has 0 radical (unpaired) electrons. The van der Waals surface area contributed by atoms with Gasteiger partial charge in [-0.2, -0.15) is 0 Å². The molecule has 0 unspecified atom stereocenters. The van der Waals surface area contributed by atoms with Crippen molar-refractivity contribution in [3.63, 3.8) is 0 Å². The third-order valence-corrected chi connectivity index (χ3v) is 4.09. The maximum Gasteiger partial charge on any atom is 0.162 e. The summed E-state index contributed by atoms with van der Waals surface area (Å²) < 4.78 is 6.46. The van der Waals surface area contributed by atoms with E-state index in [2.05, 4.69) is 29.8 Å². The van der Waals surface area contributed by atoms with Crippen LogP contribution >= 0.6 is 15.9 Å². The standard InChI is InChI=1S/C18H27BrO2/c1-3-5-6-7-8-9-10-17(20)15-11-12-18(16(19)14-15)21-13-4-2/h11-12,14H,3-10,13H2,1-2H3. The molecule has 0 aromatic heterocycles. The van der Waals surface area contributed by atoms with Gasteiger partial charge in [0.1, 0.15) is 5.75 Å². The lowest BCUT2D eigenvalue weighted by Crippen LogP contribution is -2.01. The average Bonchev–Trinajstić information content (AvgIpc) is 2.49. The van der Waals surface area contributed by atoms with E-state index in [1.807, 2.05) is 18.2 Å². The van der Waals surface area contributed by atoms with Gasteiger partial charge in [0.05, 0.1) is 11.1 Å². The smallest absolute Gasteiger partial charge is 0.162 e. The number of hydrogen-bond donors (Lipinski definition) is 0. The summed E-state index contributed by atoms with van der Waals surface area (Å²) in [5, 5.41) is 0. The van der Waals surface area contributed by atoms with Crippen LogP contribution in [0.2, 0.25) is 0 Å². The van der Waals surface area contributed by atoms with Crippen LogP contribution in [-0.4, -0.2) is 12.4 Å². The molecular weight excluding hydrogens is 328 g/mol. The Bertz CT molecular complexity index is 429. The number of benzene rings is 1. The summed E-state index contributed by atoms with van der Waals surface area (Å²) in [5.41, 5.74) is 0.777. The molecule has 0 amide bonds. The maximum absolute atomic E-state index is 12.1. The Morgan fingerprint density at radius 2 is 1.76 bits per heavy atom. The molecule has 1 aromatic rings. The van der Waals surface area contributed by atoms with Crippen LogP contribution in [0, 0.1) is 0 Å². The molecule has 3 heteroatoms. The second-order valence-corrected chi connectivity index (χ2v) is 6.29. The second-order valence-electron chi connectivity index (χ2n) is 5.43. The zero-order chi connectivity index (χ0) is 15.5. The van der Waals surface area contributed by atoms with Crippen LogP contribution < -0.4 is 4.74 Å². The molecule has 0 aliphatic rings. The zero-order valence-electron chi connectivity index (χ0n) is 13.3. The summed E-state index contributed by atoms with van der Waals surface area (Å²) >= 11 is 3.48. The SMILES string of the molecule is CCCCCCCCC(=O)c1ccc(OCCC)c(Br)c1. The van der Waals surface area contributed by atoms with Crippen LogP contribution in [0.25, 0.3) is 0 Å². The van der Waals surface area contributed by atoms with E-state index in [-0.39, 0.29) is 5.78 Å². The lowest BCUT2D eigenvalue weighted by Gasteiger charge is -2.08. The summed E-state index contributed by atoms with van der Waals surface area (Å²) in [6, 6.07) is 5.63. The largest absolute Gasteiger partial charge is 0.492 e. The summed E-state index contributed by atoms with van der Waals surface area (Å²) in [6.45, 7) is 4.99. The molecular formula is C18H27BrO2. The Labute approximate surface area is 137 Å². The maximum atomic E-state index is 12.1. The number of ether oxygens (including phenoxy) is 1. The van der Waals surface area contributed by atoms with E-state index in [1.54, 1.807) is 0 Å². The average molecular weight is 355 g/mol. The monoisotopic (exact) mass is 354 g/mol. The van der Waals surface area contributed by atoms with Crippen LogP contribution in [0.4, 0.5) is 0 Å².